The second kappa shape index (κ2) is 7.33. The van der Waals surface area contributed by atoms with Crippen molar-refractivity contribution >= 4 is 43.2 Å². The van der Waals surface area contributed by atoms with E-state index in [1.54, 1.807) is 18.2 Å². The second-order valence-corrected chi connectivity index (χ2v) is 6.77. The highest BCUT2D eigenvalue weighted by molar-refractivity contribution is 9.10. The SMILES string of the molecule is CCNCCCS(=O)(=O)Nc1cccc(Cl)c1Br. The molecule has 0 fully saturated rings. The topological polar surface area (TPSA) is 58.2 Å². The van der Waals surface area contributed by atoms with Crippen LogP contribution in [0.1, 0.15) is 13.3 Å². The second-order valence-electron chi connectivity index (χ2n) is 3.73. The lowest BCUT2D eigenvalue weighted by Gasteiger charge is -2.10. The molecule has 0 aliphatic rings. The zero-order valence-corrected chi connectivity index (χ0v) is 13.2. The number of anilines is 1. The first-order valence-corrected chi connectivity index (χ1v) is 8.44. The van der Waals surface area contributed by atoms with Crippen LogP contribution in [0.5, 0.6) is 0 Å². The molecule has 0 saturated heterocycles. The van der Waals surface area contributed by atoms with Crippen LogP contribution in [-0.4, -0.2) is 27.3 Å². The van der Waals surface area contributed by atoms with E-state index in [1.165, 1.54) is 0 Å². The third-order valence-electron chi connectivity index (χ3n) is 2.23. The molecular weight excluding hydrogens is 340 g/mol. The summed E-state index contributed by atoms with van der Waals surface area (Å²) in [4.78, 5) is 0. The van der Waals surface area contributed by atoms with E-state index in [0.717, 1.165) is 6.54 Å². The van der Waals surface area contributed by atoms with Crippen molar-refractivity contribution in [2.75, 3.05) is 23.6 Å². The number of benzene rings is 1. The predicted octanol–water partition coefficient (Wildman–Crippen LogP) is 2.84. The molecule has 0 atom stereocenters. The Hall–Kier alpha value is -0.300. The van der Waals surface area contributed by atoms with Crippen LogP contribution in [0, 0.1) is 0 Å². The fourth-order valence-corrected chi connectivity index (χ4v) is 3.17. The highest BCUT2D eigenvalue weighted by Gasteiger charge is 2.12. The minimum atomic E-state index is -3.33. The van der Waals surface area contributed by atoms with E-state index in [2.05, 4.69) is 26.0 Å². The summed E-state index contributed by atoms with van der Waals surface area (Å²) in [6.45, 7) is 3.51. The predicted molar refractivity (Wildman–Crippen MR) is 79.7 cm³/mol. The van der Waals surface area contributed by atoms with Crippen molar-refractivity contribution in [2.45, 2.75) is 13.3 Å². The summed E-state index contributed by atoms with van der Waals surface area (Å²) in [5, 5.41) is 3.56. The Morgan fingerprint density at radius 3 is 2.78 bits per heavy atom. The minimum Gasteiger partial charge on any atom is -0.317 e. The van der Waals surface area contributed by atoms with Gasteiger partial charge in [0, 0.05) is 0 Å². The van der Waals surface area contributed by atoms with Gasteiger partial charge in [-0.05, 0) is 47.6 Å². The summed E-state index contributed by atoms with van der Waals surface area (Å²) in [5.41, 5.74) is 0.464. The summed E-state index contributed by atoms with van der Waals surface area (Å²) in [6.07, 6.45) is 0.571. The molecule has 7 heteroatoms. The highest BCUT2D eigenvalue weighted by atomic mass is 79.9. The first kappa shape index (κ1) is 15.8. The molecule has 0 saturated carbocycles. The molecule has 0 spiro atoms. The molecule has 1 aromatic rings. The Balaban J connectivity index is 2.62. The Morgan fingerprint density at radius 1 is 1.39 bits per heavy atom. The number of nitrogens with one attached hydrogen (secondary N) is 2. The lowest BCUT2D eigenvalue weighted by atomic mass is 10.3. The summed E-state index contributed by atoms with van der Waals surface area (Å²) in [7, 11) is -3.33. The third-order valence-corrected chi connectivity index (χ3v) is 4.99. The van der Waals surface area contributed by atoms with Gasteiger partial charge in [0.2, 0.25) is 10.0 Å². The van der Waals surface area contributed by atoms with E-state index in [1.807, 2.05) is 6.92 Å². The Labute approximate surface area is 121 Å². The Kier molecular flexibility index (Phi) is 6.42. The van der Waals surface area contributed by atoms with Crippen LogP contribution in [0.25, 0.3) is 0 Å². The third kappa shape index (κ3) is 5.14. The Bertz CT molecular complexity index is 494. The minimum absolute atomic E-state index is 0.0823. The van der Waals surface area contributed by atoms with Crippen LogP contribution in [0.3, 0.4) is 0 Å². The van der Waals surface area contributed by atoms with E-state index in [-0.39, 0.29) is 5.75 Å². The zero-order valence-electron chi connectivity index (χ0n) is 10.0. The molecule has 0 aromatic heterocycles. The van der Waals surface area contributed by atoms with Crippen molar-refractivity contribution < 1.29 is 8.42 Å². The smallest absolute Gasteiger partial charge is 0.232 e. The van der Waals surface area contributed by atoms with E-state index >= 15 is 0 Å². The van der Waals surface area contributed by atoms with Crippen LogP contribution < -0.4 is 10.0 Å². The van der Waals surface area contributed by atoms with E-state index < -0.39 is 10.0 Å². The van der Waals surface area contributed by atoms with Gasteiger partial charge in [0.15, 0.2) is 0 Å². The molecule has 0 radical (unpaired) electrons. The molecule has 0 aliphatic carbocycles. The normalized spacial score (nSPS) is 11.5. The lowest BCUT2D eigenvalue weighted by molar-refractivity contribution is 0.595. The average Bonchev–Trinajstić information content (AvgIpc) is 2.31. The molecule has 1 aromatic carbocycles. The molecule has 0 heterocycles. The molecule has 1 rings (SSSR count). The maximum atomic E-state index is 11.8. The van der Waals surface area contributed by atoms with Gasteiger partial charge in [0.1, 0.15) is 0 Å². The molecule has 0 unspecified atom stereocenters. The van der Waals surface area contributed by atoms with Gasteiger partial charge in [-0.15, -0.1) is 0 Å². The van der Waals surface area contributed by atoms with Crippen molar-refractivity contribution in [3.8, 4) is 0 Å². The van der Waals surface area contributed by atoms with Gasteiger partial charge in [-0.2, -0.15) is 0 Å². The van der Waals surface area contributed by atoms with Gasteiger partial charge in [-0.1, -0.05) is 24.6 Å². The fraction of sp³-hybridized carbons (Fsp3) is 0.455. The van der Waals surface area contributed by atoms with Gasteiger partial charge in [0.05, 0.1) is 20.9 Å². The van der Waals surface area contributed by atoms with Crippen molar-refractivity contribution in [1.82, 2.24) is 5.32 Å². The first-order chi connectivity index (χ1) is 8.46. The van der Waals surface area contributed by atoms with Gasteiger partial charge in [-0.3, -0.25) is 4.72 Å². The van der Waals surface area contributed by atoms with Crippen LogP contribution in [0.4, 0.5) is 5.69 Å². The number of rotatable bonds is 7. The molecule has 102 valence electrons. The van der Waals surface area contributed by atoms with E-state index in [9.17, 15) is 8.42 Å². The molecule has 0 aliphatic heterocycles. The summed E-state index contributed by atoms with van der Waals surface area (Å²) in [5.74, 6) is 0.0823. The van der Waals surface area contributed by atoms with Crippen molar-refractivity contribution in [3.05, 3.63) is 27.7 Å². The quantitative estimate of drug-likeness (QED) is 0.739. The lowest BCUT2D eigenvalue weighted by Crippen LogP contribution is -2.22. The van der Waals surface area contributed by atoms with E-state index in [4.69, 9.17) is 11.6 Å². The first-order valence-electron chi connectivity index (χ1n) is 5.61. The molecule has 0 amide bonds. The highest BCUT2D eigenvalue weighted by Crippen LogP contribution is 2.30. The number of hydrogen-bond acceptors (Lipinski definition) is 3. The molecule has 0 bridgehead atoms. The maximum Gasteiger partial charge on any atom is 0.232 e. The van der Waals surface area contributed by atoms with Crippen molar-refractivity contribution in [1.29, 1.82) is 0 Å². The number of sulfonamides is 1. The number of hydrogen-bond donors (Lipinski definition) is 2. The molecular formula is C11H16BrClN2O2S. The standard InChI is InChI=1S/C11H16BrClN2O2S/c1-2-14-7-4-8-18(16,17)15-10-6-3-5-9(13)11(10)12/h3,5-6,14-15H,2,4,7-8H2,1H3. The van der Waals surface area contributed by atoms with Gasteiger partial charge in [0.25, 0.3) is 0 Å². The van der Waals surface area contributed by atoms with Gasteiger partial charge in [-0.25, -0.2) is 8.42 Å². The zero-order chi connectivity index (χ0) is 13.6. The molecule has 4 nitrogen and oxygen atoms in total. The largest absolute Gasteiger partial charge is 0.317 e. The average molecular weight is 356 g/mol. The van der Waals surface area contributed by atoms with Crippen LogP contribution in [-0.2, 0) is 10.0 Å². The van der Waals surface area contributed by atoms with Gasteiger partial charge >= 0.3 is 0 Å². The van der Waals surface area contributed by atoms with Crippen LogP contribution in [0.2, 0.25) is 5.02 Å². The summed E-state index contributed by atoms with van der Waals surface area (Å²) in [6, 6.07) is 5.05. The fourth-order valence-electron chi connectivity index (χ4n) is 1.37. The monoisotopic (exact) mass is 354 g/mol. The van der Waals surface area contributed by atoms with Crippen LogP contribution >= 0.6 is 27.5 Å². The summed E-state index contributed by atoms with van der Waals surface area (Å²) < 4.78 is 26.7. The van der Waals surface area contributed by atoms with Gasteiger partial charge < -0.3 is 5.32 Å². The molecule has 18 heavy (non-hydrogen) atoms. The Morgan fingerprint density at radius 2 is 2.11 bits per heavy atom. The number of halogens is 2. The van der Waals surface area contributed by atoms with E-state index in [0.29, 0.717) is 28.1 Å². The van der Waals surface area contributed by atoms with Crippen molar-refractivity contribution in [3.63, 3.8) is 0 Å². The summed E-state index contributed by atoms with van der Waals surface area (Å²) >= 11 is 9.15. The van der Waals surface area contributed by atoms with Crippen LogP contribution in [0.15, 0.2) is 22.7 Å². The maximum absolute atomic E-state index is 11.8. The molecule has 2 N–H and O–H groups in total. The van der Waals surface area contributed by atoms with Crippen molar-refractivity contribution in [2.24, 2.45) is 0 Å².